The lowest BCUT2D eigenvalue weighted by atomic mass is 10.1. The minimum absolute atomic E-state index is 0. The van der Waals surface area contributed by atoms with Crippen LogP contribution in [0.2, 0.25) is 0 Å². The zero-order valence-electron chi connectivity index (χ0n) is 16.2. The molecule has 1 heterocycles. The number of halogens is 2. The summed E-state index contributed by atoms with van der Waals surface area (Å²) < 4.78 is 19.0. The quantitative estimate of drug-likeness (QED) is 0.364. The summed E-state index contributed by atoms with van der Waals surface area (Å²) in [5, 5.41) is 0. The van der Waals surface area contributed by atoms with Gasteiger partial charge in [0.15, 0.2) is 5.69 Å². The Morgan fingerprint density at radius 1 is 1.03 bits per heavy atom. The molecule has 30 heavy (non-hydrogen) atoms. The number of aryl methyl sites for hydroxylation is 1. The number of ether oxygens (including phenoxy) is 1. The molecule has 0 unspecified atom stereocenters. The van der Waals surface area contributed by atoms with Gasteiger partial charge in [0.05, 0.1) is 18.5 Å². The lowest BCUT2D eigenvalue weighted by Crippen LogP contribution is -1.97. The summed E-state index contributed by atoms with van der Waals surface area (Å²) in [4.78, 5) is 11.1. The van der Waals surface area contributed by atoms with Crippen molar-refractivity contribution in [3.8, 4) is 28.4 Å². The maximum atomic E-state index is 13.1. The van der Waals surface area contributed by atoms with Crippen LogP contribution in [-0.4, -0.2) is 9.97 Å². The molecule has 3 aromatic carbocycles. The molecule has 0 bridgehead atoms. The predicted molar refractivity (Wildman–Crippen MR) is 118 cm³/mol. The van der Waals surface area contributed by atoms with Gasteiger partial charge in [0.25, 0.3) is 0 Å². The third kappa shape index (κ3) is 4.68. The lowest BCUT2D eigenvalue weighted by Gasteiger charge is -2.11. The van der Waals surface area contributed by atoms with Crippen LogP contribution in [0.1, 0.15) is 11.1 Å². The highest BCUT2D eigenvalue weighted by Gasteiger charge is 2.08. The van der Waals surface area contributed by atoms with E-state index in [-0.39, 0.29) is 18.2 Å². The number of benzene rings is 3. The van der Waals surface area contributed by atoms with Crippen LogP contribution in [0.5, 0.6) is 5.75 Å². The second kappa shape index (κ2) is 9.25. The fraction of sp³-hybridized carbons (Fsp3) is 0.0833. The number of nitrogens with zero attached hydrogens (tertiary/aromatic N) is 2. The van der Waals surface area contributed by atoms with E-state index in [1.54, 1.807) is 24.4 Å². The lowest BCUT2D eigenvalue weighted by molar-refractivity contribution is 0.304. The van der Waals surface area contributed by atoms with Gasteiger partial charge >= 0.3 is 0 Å². The first kappa shape index (κ1) is 21.1. The van der Waals surface area contributed by atoms with E-state index in [1.165, 1.54) is 12.1 Å². The van der Waals surface area contributed by atoms with Crippen molar-refractivity contribution in [1.82, 2.24) is 9.97 Å². The molecule has 0 spiro atoms. The number of aromatic amines is 1. The van der Waals surface area contributed by atoms with Crippen molar-refractivity contribution in [2.24, 2.45) is 0 Å². The largest absolute Gasteiger partial charge is 0.489 e. The minimum atomic E-state index is -0.271. The van der Waals surface area contributed by atoms with Gasteiger partial charge in [0.2, 0.25) is 0 Å². The Balaban J connectivity index is 0.00000256. The van der Waals surface area contributed by atoms with Crippen LogP contribution in [0.4, 0.5) is 10.1 Å². The number of imidazole rings is 1. The van der Waals surface area contributed by atoms with Gasteiger partial charge in [-0.25, -0.2) is 14.2 Å². The van der Waals surface area contributed by atoms with Gasteiger partial charge in [-0.15, -0.1) is 12.4 Å². The minimum Gasteiger partial charge on any atom is -0.489 e. The van der Waals surface area contributed by atoms with Gasteiger partial charge in [0.1, 0.15) is 24.0 Å². The van der Waals surface area contributed by atoms with Gasteiger partial charge in [-0.2, -0.15) is 0 Å². The van der Waals surface area contributed by atoms with Crippen molar-refractivity contribution in [2.45, 2.75) is 13.5 Å². The van der Waals surface area contributed by atoms with Crippen LogP contribution >= 0.6 is 12.4 Å². The van der Waals surface area contributed by atoms with Crippen molar-refractivity contribution >= 4 is 18.1 Å². The van der Waals surface area contributed by atoms with Gasteiger partial charge in [-0.05, 0) is 66.6 Å². The van der Waals surface area contributed by atoms with Gasteiger partial charge in [-0.3, -0.25) is 0 Å². The topological polar surface area (TPSA) is 42.3 Å². The Bertz CT molecular complexity index is 1200. The second-order valence-corrected chi connectivity index (χ2v) is 6.70. The summed E-state index contributed by atoms with van der Waals surface area (Å²) in [5.74, 6) is 1.21. The summed E-state index contributed by atoms with van der Waals surface area (Å²) in [5.41, 5.74) is 5.26. The maximum Gasteiger partial charge on any atom is 0.187 e. The SMILES string of the molecule is Cl.[C-]#[N+]c1cccc(COc2ccc(-c3cnc(-c4ccc(F)cc4)[nH]3)cc2C)c1. The zero-order valence-corrected chi connectivity index (χ0v) is 17.0. The second-order valence-electron chi connectivity index (χ2n) is 6.70. The molecule has 0 aliphatic heterocycles. The summed E-state index contributed by atoms with van der Waals surface area (Å²) in [7, 11) is 0. The van der Waals surface area contributed by atoms with Crippen molar-refractivity contribution in [2.75, 3.05) is 0 Å². The van der Waals surface area contributed by atoms with E-state index in [1.807, 2.05) is 43.3 Å². The molecule has 0 saturated carbocycles. The third-order valence-electron chi connectivity index (χ3n) is 4.61. The molecule has 6 heteroatoms. The molecule has 0 amide bonds. The van der Waals surface area contributed by atoms with Crippen LogP contribution in [0.15, 0.2) is 72.9 Å². The highest BCUT2D eigenvalue weighted by Crippen LogP contribution is 2.28. The van der Waals surface area contributed by atoms with Crippen LogP contribution < -0.4 is 4.74 Å². The molecule has 0 aliphatic rings. The van der Waals surface area contributed by atoms with E-state index < -0.39 is 0 Å². The maximum absolute atomic E-state index is 13.1. The predicted octanol–water partition coefficient (Wildman–Crippen LogP) is 6.74. The molecule has 1 aromatic heterocycles. The molecule has 0 saturated heterocycles. The number of hydrogen-bond donors (Lipinski definition) is 1. The van der Waals surface area contributed by atoms with Crippen LogP contribution in [0.25, 0.3) is 27.5 Å². The Hall–Kier alpha value is -3.62. The average Bonchev–Trinajstić information content (AvgIpc) is 3.24. The standard InChI is InChI=1S/C24H18FN3O.ClH/c1-16-12-19(22-14-27-24(28-22)18-6-9-20(25)10-7-18)8-11-23(16)29-15-17-4-3-5-21(13-17)26-2;/h3-14H,15H2,1H3,(H,27,28);1H. The first-order valence-electron chi connectivity index (χ1n) is 9.13. The molecule has 1 N–H and O–H groups in total. The Kier molecular flexibility index (Phi) is 6.51. The molecular formula is C24H19ClFN3O. The number of H-pyrrole nitrogens is 1. The number of hydrogen-bond acceptors (Lipinski definition) is 2. The number of rotatable bonds is 5. The fourth-order valence-electron chi connectivity index (χ4n) is 3.08. The smallest absolute Gasteiger partial charge is 0.187 e. The molecule has 0 aliphatic carbocycles. The summed E-state index contributed by atoms with van der Waals surface area (Å²) in [6, 6.07) is 19.6. The van der Waals surface area contributed by atoms with E-state index in [2.05, 4.69) is 14.8 Å². The van der Waals surface area contributed by atoms with E-state index in [0.29, 0.717) is 18.1 Å². The third-order valence-corrected chi connectivity index (χ3v) is 4.61. The molecule has 150 valence electrons. The molecule has 4 aromatic rings. The molecule has 0 fully saturated rings. The van der Waals surface area contributed by atoms with Crippen LogP contribution in [-0.2, 0) is 6.61 Å². The van der Waals surface area contributed by atoms with Crippen molar-refractivity contribution in [3.63, 3.8) is 0 Å². The summed E-state index contributed by atoms with van der Waals surface area (Å²) in [6.45, 7) is 9.50. The van der Waals surface area contributed by atoms with Gasteiger partial charge in [0, 0.05) is 11.1 Å². The Morgan fingerprint density at radius 3 is 2.53 bits per heavy atom. The molecule has 0 atom stereocenters. The van der Waals surface area contributed by atoms with Crippen molar-refractivity contribution in [3.05, 3.63) is 101 Å². The van der Waals surface area contributed by atoms with Crippen molar-refractivity contribution < 1.29 is 9.13 Å². The molecule has 4 rings (SSSR count). The van der Waals surface area contributed by atoms with E-state index in [0.717, 1.165) is 33.7 Å². The van der Waals surface area contributed by atoms with Gasteiger partial charge in [-0.1, -0.05) is 18.2 Å². The van der Waals surface area contributed by atoms with E-state index >= 15 is 0 Å². The first-order valence-corrected chi connectivity index (χ1v) is 9.13. The Labute approximate surface area is 180 Å². The zero-order chi connectivity index (χ0) is 20.2. The number of nitrogens with one attached hydrogen (secondary N) is 1. The summed E-state index contributed by atoms with van der Waals surface area (Å²) >= 11 is 0. The first-order chi connectivity index (χ1) is 14.1. The van der Waals surface area contributed by atoms with E-state index in [9.17, 15) is 4.39 Å². The monoisotopic (exact) mass is 419 g/mol. The number of aromatic nitrogens is 2. The van der Waals surface area contributed by atoms with E-state index in [4.69, 9.17) is 11.3 Å². The molecule has 4 nitrogen and oxygen atoms in total. The normalized spacial score (nSPS) is 10.2. The summed E-state index contributed by atoms with van der Waals surface area (Å²) in [6.07, 6.45) is 1.77. The highest BCUT2D eigenvalue weighted by molar-refractivity contribution is 5.85. The van der Waals surface area contributed by atoms with Gasteiger partial charge < -0.3 is 9.72 Å². The average molecular weight is 420 g/mol. The van der Waals surface area contributed by atoms with Crippen LogP contribution in [0.3, 0.4) is 0 Å². The molecule has 0 radical (unpaired) electrons. The fourth-order valence-corrected chi connectivity index (χ4v) is 3.08. The molecular weight excluding hydrogens is 401 g/mol. The highest BCUT2D eigenvalue weighted by atomic mass is 35.5. The Morgan fingerprint density at radius 2 is 1.80 bits per heavy atom. The van der Waals surface area contributed by atoms with Crippen LogP contribution in [0, 0.1) is 19.3 Å². The van der Waals surface area contributed by atoms with Crippen molar-refractivity contribution in [1.29, 1.82) is 0 Å².